The number of methoxy groups -OCH3 is 1. The fraction of sp³-hybridized carbons (Fsp3) is 0.500. The maximum Gasteiger partial charge on any atom is 0.315 e. The SMILES string of the molecule is COc1ccccc1Nc1ccnc(N2CCC(NC(=O)NC3CCCC3)CC2)n1. The number of carbonyl (C=O) groups excluding carboxylic acids is 1. The van der Waals surface area contributed by atoms with Crippen LogP contribution < -0.4 is 25.6 Å². The molecule has 0 atom stereocenters. The van der Waals surface area contributed by atoms with Gasteiger partial charge in [0.05, 0.1) is 12.8 Å². The van der Waals surface area contributed by atoms with E-state index in [1.807, 2.05) is 30.3 Å². The van der Waals surface area contributed by atoms with Gasteiger partial charge in [0.15, 0.2) is 0 Å². The second-order valence-electron chi connectivity index (χ2n) is 7.93. The molecule has 2 heterocycles. The minimum Gasteiger partial charge on any atom is -0.495 e. The highest BCUT2D eigenvalue weighted by Crippen LogP contribution is 2.27. The Morgan fingerprint density at radius 2 is 1.73 bits per heavy atom. The molecule has 0 spiro atoms. The van der Waals surface area contributed by atoms with Gasteiger partial charge >= 0.3 is 6.03 Å². The number of ether oxygens (including phenoxy) is 1. The highest BCUT2D eigenvalue weighted by molar-refractivity contribution is 5.74. The minimum atomic E-state index is -0.0281. The third-order valence-corrected chi connectivity index (χ3v) is 5.82. The van der Waals surface area contributed by atoms with E-state index in [2.05, 4.69) is 30.8 Å². The van der Waals surface area contributed by atoms with Crippen LogP contribution in [0.1, 0.15) is 38.5 Å². The van der Waals surface area contributed by atoms with E-state index < -0.39 is 0 Å². The maximum absolute atomic E-state index is 12.2. The van der Waals surface area contributed by atoms with E-state index in [1.165, 1.54) is 12.8 Å². The van der Waals surface area contributed by atoms with E-state index in [-0.39, 0.29) is 12.1 Å². The standard InChI is InChI=1S/C22H30N6O2/c1-30-19-9-5-4-8-18(19)26-20-10-13-23-21(27-20)28-14-11-17(12-15-28)25-22(29)24-16-6-2-3-7-16/h4-5,8-10,13,16-17H,2-3,6-7,11-12,14-15H2,1H3,(H,23,26,27)(H2,24,25,29). The minimum absolute atomic E-state index is 0.0281. The summed E-state index contributed by atoms with van der Waals surface area (Å²) in [5, 5.41) is 9.54. The van der Waals surface area contributed by atoms with Gasteiger partial charge in [-0.05, 0) is 43.9 Å². The lowest BCUT2D eigenvalue weighted by molar-refractivity contribution is 0.230. The Bertz CT molecular complexity index is 847. The van der Waals surface area contributed by atoms with Crippen LogP contribution in [0.2, 0.25) is 0 Å². The van der Waals surface area contributed by atoms with Gasteiger partial charge in [-0.2, -0.15) is 4.98 Å². The normalized spacial score (nSPS) is 17.6. The van der Waals surface area contributed by atoms with Crippen LogP contribution >= 0.6 is 0 Å². The molecule has 8 nitrogen and oxygen atoms in total. The molecule has 1 aromatic carbocycles. The van der Waals surface area contributed by atoms with Crippen molar-refractivity contribution in [3.8, 4) is 5.75 Å². The van der Waals surface area contributed by atoms with Crippen molar-refractivity contribution in [2.24, 2.45) is 0 Å². The van der Waals surface area contributed by atoms with Crippen molar-refractivity contribution in [2.45, 2.75) is 50.6 Å². The Morgan fingerprint density at radius 1 is 1.03 bits per heavy atom. The van der Waals surface area contributed by atoms with Crippen LogP contribution in [-0.4, -0.2) is 48.3 Å². The number of nitrogens with zero attached hydrogens (tertiary/aromatic N) is 3. The van der Waals surface area contributed by atoms with Crippen LogP contribution in [0.3, 0.4) is 0 Å². The Morgan fingerprint density at radius 3 is 2.47 bits per heavy atom. The summed E-state index contributed by atoms with van der Waals surface area (Å²) in [5.41, 5.74) is 0.862. The van der Waals surface area contributed by atoms with E-state index in [4.69, 9.17) is 4.74 Å². The summed E-state index contributed by atoms with van der Waals surface area (Å²) < 4.78 is 5.39. The van der Waals surface area contributed by atoms with E-state index in [9.17, 15) is 4.79 Å². The fourth-order valence-corrected chi connectivity index (χ4v) is 4.16. The summed E-state index contributed by atoms with van der Waals surface area (Å²) in [6, 6.07) is 10.1. The van der Waals surface area contributed by atoms with Gasteiger partial charge < -0.3 is 25.6 Å². The first-order valence-corrected chi connectivity index (χ1v) is 10.8. The van der Waals surface area contributed by atoms with Crippen molar-refractivity contribution in [1.82, 2.24) is 20.6 Å². The molecule has 3 N–H and O–H groups in total. The molecule has 4 rings (SSSR count). The number of para-hydroxylation sites is 2. The van der Waals surface area contributed by atoms with Crippen molar-refractivity contribution < 1.29 is 9.53 Å². The van der Waals surface area contributed by atoms with Crippen LogP contribution in [0.5, 0.6) is 5.75 Å². The molecule has 2 aliphatic rings. The topological polar surface area (TPSA) is 91.4 Å². The van der Waals surface area contributed by atoms with Crippen LogP contribution in [0.25, 0.3) is 0 Å². The lowest BCUT2D eigenvalue weighted by Crippen LogP contribution is -2.49. The van der Waals surface area contributed by atoms with Crippen LogP contribution in [0.4, 0.5) is 22.2 Å². The van der Waals surface area contributed by atoms with Crippen molar-refractivity contribution >= 4 is 23.5 Å². The molecule has 30 heavy (non-hydrogen) atoms. The summed E-state index contributed by atoms with van der Waals surface area (Å²) in [7, 11) is 1.65. The van der Waals surface area contributed by atoms with Gasteiger partial charge in [0.1, 0.15) is 11.6 Å². The summed E-state index contributed by atoms with van der Waals surface area (Å²) >= 11 is 0. The van der Waals surface area contributed by atoms with Crippen LogP contribution in [-0.2, 0) is 0 Å². The molecule has 2 fully saturated rings. The lowest BCUT2D eigenvalue weighted by atomic mass is 10.1. The zero-order chi connectivity index (χ0) is 20.8. The number of amides is 2. The number of nitrogens with one attached hydrogen (secondary N) is 3. The lowest BCUT2D eigenvalue weighted by Gasteiger charge is -2.32. The number of aromatic nitrogens is 2. The maximum atomic E-state index is 12.2. The molecular formula is C22H30N6O2. The second kappa shape index (κ2) is 9.65. The van der Waals surface area contributed by atoms with Gasteiger partial charge in [-0.15, -0.1) is 0 Å². The molecule has 1 aliphatic carbocycles. The average Bonchev–Trinajstić information content (AvgIpc) is 3.28. The first-order chi connectivity index (χ1) is 14.7. The van der Waals surface area contributed by atoms with Gasteiger partial charge in [0.2, 0.25) is 5.95 Å². The molecule has 0 bridgehead atoms. The number of carbonyl (C=O) groups is 1. The molecule has 2 aromatic rings. The summed E-state index contributed by atoms with van der Waals surface area (Å²) in [6.45, 7) is 1.62. The zero-order valence-corrected chi connectivity index (χ0v) is 17.4. The van der Waals surface area contributed by atoms with E-state index in [0.29, 0.717) is 12.0 Å². The van der Waals surface area contributed by atoms with Crippen molar-refractivity contribution in [1.29, 1.82) is 0 Å². The van der Waals surface area contributed by atoms with Crippen molar-refractivity contribution in [3.05, 3.63) is 36.5 Å². The predicted molar refractivity (Wildman–Crippen MR) is 117 cm³/mol. The number of piperidine rings is 1. The van der Waals surface area contributed by atoms with E-state index in [0.717, 1.165) is 56.0 Å². The Kier molecular flexibility index (Phi) is 6.51. The predicted octanol–water partition coefficient (Wildman–Crippen LogP) is 3.44. The molecule has 0 unspecified atom stereocenters. The molecule has 160 valence electrons. The van der Waals surface area contributed by atoms with Crippen molar-refractivity contribution in [3.63, 3.8) is 0 Å². The number of hydrogen-bond acceptors (Lipinski definition) is 6. The van der Waals surface area contributed by atoms with Crippen molar-refractivity contribution in [2.75, 3.05) is 30.4 Å². The van der Waals surface area contributed by atoms with Gasteiger partial charge in [-0.1, -0.05) is 25.0 Å². The second-order valence-corrected chi connectivity index (χ2v) is 7.93. The van der Waals surface area contributed by atoms with Crippen LogP contribution in [0, 0.1) is 0 Å². The first-order valence-electron chi connectivity index (χ1n) is 10.8. The zero-order valence-electron chi connectivity index (χ0n) is 17.4. The van der Waals surface area contributed by atoms with E-state index >= 15 is 0 Å². The number of rotatable bonds is 6. The smallest absolute Gasteiger partial charge is 0.315 e. The average molecular weight is 411 g/mol. The molecule has 1 saturated heterocycles. The fourth-order valence-electron chi connectivity index (χ4n) is 4.16. The van der Waals surface area contributed by atoms with Gasteiger partial charge in [-0.25, -0.2) is 9.78 Å². The number of hydrogen-bond donors (Lipinski definition) is 3. The Hall–Kier alpha value is -3.03. The first kappa shape index (κ1) is 20.3. The largest absolute Gasteiger partial charge is 0.495 e. The molecule has 1 aromatic heterocycles. The Balaban J connectivity index is 1.30. The summed E-state index contributed by atoms with van der Waals surface area (Å²) in [5.74, 6) is 2.19. The van der Waals surface area contributed by atoms with Crippen LogP contribution in [0.15, 0.2) is 36.5 Å². The molecule has 1 aliphatic heterocycles. The van der Waals surface area contributed by atoms with E-state index in [1.54, 1.807) is 13.3 Å². The molecule has 8 heteroatoms. The van der Waals surface area contributed by atoms with Gasteiger partial charge in [-0.3, -0.25) is 0 Å². The number of urea groups is 1. The molecular weight excluding hydrogens is 380 g/mol. The Labute approximate surface area is 177 Å². The monoisotopic (exact) mass is 410 g/mol. The highest BCUT2D eigenvalue weighted by atomic mass is 16.5. The third-order valence-electron chi connectivity index (χ3n) is 5.82. The number of benzene rings is 1. The van der Waals surface area contributed by atoms with Gasteiger partial charge in [0, 0.05) is 31.4 Å². The number of anilines is 3. The quantitative estimate of drug-likeness (QED) is 0.676. The summed E-state index contributed by atoms with van der Waals surface area (Å²) in [6.07, 6.45) is 8.16. The third kappa shape index (κ3) is 5.11. The summed E-state index contributed by atoms with van der Waals surface area (Å²) in [4.78, 5) is 23.5. The molecule has 0 radical (unpaired) electrons. The molecule has 1 saturated carbocycles. The highest BCUT2D eigenvalue weighted by Gasteiger charge is 2.24. The molecule has 2 amide bonds. The van der Waals surface area contributed by atoms with Gasteiger partial charge in [0.25, 0.3) is 0 Å².